The minimum Gasteiger partial charge on any atom is -0.382 e. The van der Waals surface area contributed by atoms with Crippen molar-refractivity contribution in [3.8, 4) is 0 Å². The summed E-state index contributed by atoms with van der Waals surface area (Å²) in [5.41, 5.74) is -2.50. The van der Waals surface area contributed by atoms with Crippen molar-refractivity contribution in [3.05, 3.63) is 48.1 Å². The topological polar surface area (TPSA) is 100 Å². The van der Waals surface area contributed by atoms with Crippen LogP contribution >= 0.6 is 0 Å². The van der Waals surface area contributed by atoms with E-state index in [0.717, 1.165) is 12.1 Å². The molecule has 27 heavy (non-hydrogen) atoms. The molecular weight excluding hydrogens is 380 g/mol. The van der Waals surface area contributed by atoms with Gasteiger partial charge in [-0.3, -0.25) is 0 Å². The molecule has 1 aromatic heterocycles. The molecule has 0 unspecified atom stereocenters. The molecule has 1 aliphatic heterocycles. The van der Waals surface area contributed by atoms with Crippen molar-refractivity contribution in [1.82, 2.24) is 24.4 Å². The molecule has 0 spiro atoms. The summed E-state index contributed by atoms with van der Waals surface area (Å²) in [6.07, 6.45) is 2.51. The fourth-order valence-electron chi connectivity index (χ4n) is 3.20. The number of hydrogen-bond acceptors (Lipinski definition) is 6. The third-order valence-electron chi connectivity index (χ3n) is 4.82. The molecule has 0 amide bonds. The lowest BCUT2D eigenvalue weighted by molar-refractivity contribution is 0.00948. The van der Waals surface area contributed by atoms with Crippen LogP contribution in [-0.2, 0) is 22.2 Å². The van der Waals surface area contributed by atoms with Gasteiger partial charge in [0, 0.05) is 37.8 Å². The Hall–Kier alpha value is -1.95. The number of aromatic nitrogens is 3. The molecule has 148 valence electrons. The second-order valence-corrected chi connectivity index (χ2v) is 8.73. The summed E-state index contributed by atoms with van der Waals surface area (Å²) in [4.78, 5) is 3.77. The lowest BCUT2D eigenvalue weighted by Crippen LogP contribution is -2.55. The highest BCUT2D eigenvalue weighted by Gasteiger charge is 2.47. The second kappa shape index (κ2) is 7.58. The molecular formula is C16H21F2N5O3S. The van der Waals surface area contributed by atoms with Crippen molar-refractivity contribution in [3.63, 3.8) is 0 Å². The van der Waals surface area contributed by atoms with E-state index in [1.165, 1.54) is 28.6 Å². The van der Waals surface area contributed by atoms with Crippen LogP contribution in [-0.4, -0.2) is 64.0 Å². The molecule has 8 nitrogen and oxygen atoms in total. The van der Waals surface area contributed by atoms with Gasteiger partial charge in [0.15, 0.2) is 0 Å². The molecule has 1 fully saturated rings. The zero-order chi connectivity index (χ0) is 19.7. The molecule has 2 N–H and O–H groups in total. The Morgan fingerprint density at radius 1 is 1.33 bits per heavy atom. The highest BCUT2D eigenvalue weighted by atomic mass is 32.2. The smallest absolute Gasteiger partial charge is 0.220 e. The number of rotatable bonds is 6. The van der Waals surface area contributed by atoms with Crippen molar-refractivity contribution < 1.29 is 22.3 Å². The van der Waals surface area contributed by atoms with Gasteiger partial charge in [0.25, 0.3) is 0 Å². The van der Waals surface area contributed by atoms with Crippen LogP contribution in [0.15, 0.2) is 30.9 Å². The maximum Gasteiger partial charge on any atom is 0.220 e. The molecule has 0 aliphatic carbocycles. The lowest BCUT2D eigenvalue weighted by Gasteiger charge is -2.38. The summed E-state index contributed by atoms with van der Waals surface area (Å²) in [6, 6.07) is 2.66. The van der Waals surface area contributed by atoms with E-state index < -0.39 is 32.5 Å². The SMILES string of the molecule is C[C@H]([C@](O)(Cn1cncn1)c1ccc(F)cc1F)S(=O)(=O)N1CCNCC1. The Labute approximate surface area is 155 Å². The predicted octanol–water partition coefficient (Wildman–Crippen LogP) is 0.0676. The summed E-state index contributed by atoms with van der Waals surface area (Å²) in [6.45, 7) is 2.42. The highest BCUT2D eigenvalue weighted by molar-refractivity contribution is 7.89. The van der Waals surface area contributed by atoms with Gasteiger partial charge in [-0.2, -0.15) is 9.40 Å². The summed E-state index contributed by atoms with van der Waals surface area (Å²) >= 11 is 0. The number of piperazine rings is 1. The summed E-state index contributed by atoms with van der Waals surface area (Å²) in [7, 11) is -3.98. The standard InChI is InChI=1S/C16H21F2N5O3S/c1-12(27(25,26)23-6-4-19-5-7-23)16(24,9-22-11-20-10-21-22)14-3-2-13(17)8-15(14)18/h2-3,8,10-12,19,24H,4-7,9H2,1H3/t12-,16-/m1/s1. The molecule has 1 saturated heterocycles. The number of hydrogen-bond donors (Lipinski definition) is 2. The Morgan fingerprint density at radius 2 is 2.04 bits per heavy atom. The van der Waals surface area contributed by atoms with Gasteiger partial charge in [0.05, 0.1) is 6.54 Å². The van der Waals surface area contributed by atoms with Crippen LogP contribution < -0.4 is 5.32 Å². The Bertz CT molecular complexity index is 887. The highest BCUT2D eigenvalue weighted by Crippen LogP contribution is 2.34. The molecule has 11 heteroatoms. The van der Waals surface area contributed by atoms with E-state index in [-0.39, 0.29) is 25.2 Å². The number of sulfonamides is 1. The van der Waals surface area contributed by atoms with E-state index in [1.807, 2.05) is 0 Å². The van der Waals surface area contributed by atoms with E-state index in [1.54, 1.807) is 0 Å². The molecule has 0 saturated carbocycles. The van der Waals surface area contributed by atoms with Gasteiger partial charge in [-0.05, 0) is 13.0 Å². The minimum atomic E-state index is -3.98. The summed E-state index contributed by atoms with van der Waals surface area (Å²) in [5, 5.41) is 16.9. The number of nitrogens with zero attached hydrogens (tertiary/aromatic N) is 4. The predicted molar refractivity (Wildman–Crippen MR) is 93.1 cm³/mol. The zero-order valence-electron chi connectivity index (χ0n) is 14.7. The van der Waals surface area contributed by atoms with Crippen LogP contribution in [0.2, 0.25) is 0 Å². The van der Waals surface area contributed by atoms with Gasteiger partial charge in [-0.25, -0.2) is 26.9 Å². The monoisotopic (exact) mass is 401 g/mol. The van der Waals surface area contributed by atoms with Crippen LogP contribution in [0.1, 0.15) is 12.5 Å². The number of nitrogens with one attached hydrogen (secondary N) is 1. The first kappa shape index (κ1) is 19.8. The van der Waals surface area contributed by atoms with E-state index in [9.17, 15) is 22.3 Å². The molecule has 2 aromatic rings. The third kappa shape index (κ3) is 3.86. The number of aliphatic hydroxyl groups is 1. The van der Waals surface area contributed by atoms with Crippen molar-refractivity contribution in [1.29, 1.82) is 0 Å². The molecule has 2 atom stereocenters. The van der Waals surface area contributed by atoms with E-state index in [4.69, 9.17) is 0 Å². The minimum absolute atomic E-state index is 0.248. The molecule has 1 aromatic carbocycles. The molecule has 0 bridgehead atoms. The first-order valence-corrected chi connectivity index (χ1v) is 9.95. The van der Waals surface area contributed by atoms with Crippen molar-refractivity contribution in [2.75, 3.05) is 26.2 Å². The first-order valence-electron chi connectivity index (χ1n) is 8.45. The Kier molecular flexibility index (Phi) is 5.56. The molecule has 2 heterocycles. The second-order valence-electron chi connectivity index (χ2n) is 6.48. The van der Waals surface area contributed by atoms with E-state index in [0.29, 0.717) is 19.2 Å². The Morgan fingerprint density at radius 3 is 2.63 bits per heavy atom. The summed E-state index contributed by atoms with van der Waals surface area (Å²) < 4.78 is 56.6. The number of halogens is 2. The quantitative estimate of drug-likeness (QED) is 0.711. The molecule has 3 rings (SSSR count). The van der Waals surface area contributed by atoms with Gasteiger partial charge in [0.2, 0.25) is 10.0 Å². The van der Waals surface area contributed by atoms with Crippen LogP contribution in [0, 0.1) is 11.6 Å². The average molecular weight is 401 g/mol. The summed E-state index contributed by atoms with van der Waals surface area (Å²) in [5.74, 6) is -1.85. The molecule has 1 aliphatic rings. The van der Waals surface area contributed by atoms with Gasteiger partial charge in [0.1, 0.15) is 35.1 Å². The fraction of sp³-hybridized carbons (Fsp3) is 0.500. The Balaban J connectivity index is 2.05. The average Bonchev–Trinajstić information content (AvgIpc) is 3.14. The van der Waals surface area contributed by atoms with Gasteiger partial charge >= 0.3 is 0 Å². The van der Waals surface area contributed by atoms with Crippen molar-refractivity contribution >= 4 is 10.0 Å². The normalized spacial score (nSPS) is 19.6. The first-order chi connectivity index (χ1) is 12.7. The van der Waals surface area contributed by atoms with Crippen LogP contribution in [0.4, 0.5) is 8.78 Å². The largest absolute Gasteiger partial charge is 0.382 e. The van der Waals surface area contributed by atoms with Gasteiger partial charge < -0.3 is 10.4 Å². The maximum absolute atomic E-state index is 14.5. The van der Waals surface area contributed by atoms with E-state index >= 15 is 0 Å². The van der Waals surface area contributed by atoms with Crippen molar-refractivity contribution in [2.24, 2.45) is 0 Å². The van der Waals surface area contributed by atoms with Crippen molar-refractivity contribution in [2.45, 2.75) is 24.3 Å². The van der Waals surface area contributed by atoms with Gasteiger partial charge in [-0.1, -0.05) is 6.07 Å². The maximum atomic E-state index is 14.5. The van der Waals surface area contributed by atoms with Crippen LogP contribution in [0.25, 0.3) is 0 Å². The third-order valence-corrected chi connectivity index (χ3v) is 7.19. The number of benzene rings is 1. The van der Waals surface area contributed by atoms with Gasteiger partial charge in [-0.15, -0.1) is 0 Å². The zero-order valence-corrected chi connectivity index (χ0v) is 15.5. The van der Waals surface area contributed by atoms with Crippen LogP contribution in [0.5, 0.6) is 0 Å². The van der Waals surface area contributed by atoms with E-state index in [2.05, 4.69) is 15.4 Å². The van der Waals surface area contributed by atoms with Crippen LogP contribution in [0.3, 0.4) is 0 Å². The molecule has 0 radical (unpaired) electrons. The lowest BCUT2D eigenvalue weighted by atomic mass is 9.90. The fourth-order valence-corrected chi connectivity index (χ4v) is 5.04.